The molecule has 2 atom stereocenters. The zero-order chi connectivity index (χ0) is 22.8. The fraction of sp³-hybridized carbons (Fsp3) is 0.348. The lowest BCUT2D eigenvalue weighted by molar-refractivity contribution is -0.153. The summed E-state index contributed by atoms with van der Waals surface area (Å²) in [5.41, 5.74) is 0.750. The van der Waals surface area contributed by atoms with Crippen LogP contribution in [0.15, 0.2) is 48.5 Å². The molecule has 0 fully saturated rings. The van der Waals surface area contributed by atoms with Gasteiger partial charge in [-0.05, 0) is 62.4 Å². The summed E-state index contributed by atoms with van der Waals surface area (Å²) < 4.78 is 20.5. The molecule has 0 aliphatic rings. The minimum Gasteiger partial charge on any atom is -0.497 e. The van der Waals surface area contributed by atoms with Crippen molar-refractivity contribution in [2.24, 2.45) is 5.92 Å². The van der Waals surface area contributed by atoms with Crippen molar-refractivity contribution < 1.29 is 33.3 Å². The third-order valence-corrected chi connectivity index (χ3v) is 4.48. The molecule has 0 amide bonds. The van der Waals surface area contributed by atoms with Gasteiger partial charge in [-0.15, -0.1) is 0 Å². The van der Waals surface area contributed by atoms with Crippen molar-refractivity contribution in [3.05, 3.63) is 54.1 Å². The first kappa shape index (κ1) is 23.7. The molecule has 0 heterocycles. The number of benzene rings is 2. The molecule has 0 aliphatic heterocycles. The largest absolute Gasteiger partial charge is 0.497 e. The normalized spacial score (nSPS) is 12.3. The highest BCUT2D eigenvalue weighted by Crippen LogP contribution is 2.23. The van der Waals surface area contributed by atoms with Crippen molar-refractivity contribution in [1.82, 2.24) is 0 Å². The van der Waals surface area contributed by atoms with Gasteiger partial charge in [-0.1, -0.05) is 0 Å². The second-order valence-electron chi connectivity index (χ2n) is 6.43. The lowest BCUT2D eigenvalue weighted by Crippen LogP contribution is -2.46. The lowest BCUT2D eigenvalue weighted by Gasteiger charge is -2.25. The average molecular weight is 429 g/mol. The van der Waals surface area contributed by atoms with E-state index in [2.05, 4.69) is 5.32 Å². The molecule has 0 bridgehead atoms. The first-order chi connectivity index (χ1) is 14.9. The number of ketones is 1. The number of nitrogens with one attached hydrogen (secondary N) is 1. The Labute approximate surface area is 181 Å². The minimum atomic E-state index is -1.45. The van der Waals surface area contributed by atoms with Gasteiger partial charge in [0.05, 0.1) is 27.4 Å². The van der Waals surface area contributed by atoms with Crippen LogP contribution >= 0.6 is 0 Å². The number of anilines is 1. The highest BCUT2D eigenvalue weighted by molar-refractivity contribution is 6.12. The summed E-state index contributed by atoms with van der Waals surface area (Å²) in [6.07, 6.45) is 0. The van der Waals surface area contributed by atoms with Crippen LogP contribution in [0.2, 0.25) is 0 Å². The second-order valence-corrected chi connectivity index (χ2v) is 6.43. The van der Waals surface area contributed by atoms with Gasteiger partial charge >= 0.3 is 11.9 Å². The molecule has 166 valence electrons. The summed E-state index contributed by atoms with van der Waals surface area (Å²) in [6, 6.07) is 11.7. The molecule has 1 N–H and O–H groups in total. The van der Waals surface area contributed by atoms with Crippen molar-refractivity contribution in [2.75, 3.05) is 32.8 Å². The number of carbonyl (C=O) groups excluding carboxylic acids is 3. The summed E-state index contributed by atoms with van der Waals surface area (Å²) >= 11 is 0. The van der Waals surface area contributed by atoms with E-state index in [1.54, 1.807) is 50.2 Å². The Bertz CT molecular complexity index is 878. The van der Waals surface area contributed by atoms with E-state index in [0.29, 0.717) is 17.2 Å². The SMILES string of the molecule is CCOC(=O)C(Nc1ccc(OC)cc1)C(C(=O)OCC)C(=O)c1ccc(OC)cc1. The van der Waals surface area contributed by atoms with Gasteiger partial charge in [0.25, 0.3) is 0 Å². The van der Waals surface area contributed by atoms with E-state index in [0.717, 1.165) is 0 Å². The molecule has 0 aliphatic carbocycles. The fourth-order valence-corrected chi connectivity index (χ4v) is 2.94. The van der Waals surface area contributed by atoms with E-state index in [1.807, 2.05) is 0 Å². The molecule has 31 heavy (non-hydrogen) atoms. The number of hydrogen-bond donors (Lipinski definition) is 1. The van der Waals surface area contributed by atoms with Crippen LogP contribution in [0.1, 0.15) is 24.2 Å². The zero-order valence-electron chi connectivity index (χ0n) is 18.0. The molecule has 0 radical (unpaired) electrons. The number of methoxy groups -OCH3 is 2. The molecule has 0 saturated heterocycles. The van der Waals surface area contributed by atoms with Crippen molar-refractivity contribution in [1.29, 1.82) is 0 Å². The molecular weight excluding hydrogens is 402 g/mol. The molecule has 2 rings (SSSR count). The predicted octanol–water partition coefficient (Wildman–Crippen LogP) is 3.11. The number of carbonyl (C=O) groups is 3. The van der Waals surface area contributed by atoms with Crippen molar-refractivity contribution >= 4 is 23.4 Å². The number of ether oxygens (including phenoxy) is 4. The van der Waals surface area contributed by atoms with Gasteiger partial charge < -0.3 is 24.3 Å². The quantitative estimate of drug-likeness (QED) is 0.330. The van der Waals surface area contributed by atoms with Gasteiger partial charge in [0.1, 0.15) is 17.5 Å². The Kier molecular flexibility index (Phi) is 8.87. The molecule has 0 spiro atoms. The predicted molar refractivity (Wildman–Crippen MR) is 114 cm³/mol. The van der Waals surface area contributed by atoms with Gasteiger partial charge in [-0.3, -0.25) is 9.59 Å². The van der Waals surface area contributed by atoms with Crippen LogP contribution in [0.3, 0.4) is 0 Å². The van der Waals surface area contributed by atoms with Gasteiger partial charge in [0.2, 0.25) is 0 Å². The van der Waals surface area contributed by atoms with E-state index in [4.69, 9.17) is 18.9 Å². The number of esters is 2. The Morgan fingerprint density at radius 3 is 1.74 bits per heavy atom. The summed E-state index contributed by atoms with van der Waals surface area (Å²) in [4.78, 5) is 38.8. The van der Waals surface area contributed by atoms with Gasteiger partial charge in [-0.25, -0.2) is 4.79 Å². The molecule has 0 saturated carbocycles. The average Bonchev–Trinajstić information content (AvgIpc) is 2.79. The Balaban J connectivity index is 2.44. The maximum atomic E-state index is 13.3. The van der Waals surface area contributed by atoms with Crippen LogP contribution in [0, 0.1) is 5.92 Å². The first-order valence-electron chi connectivity index (χ1n) is 9.87. The maximum absolute atomic E-state index is 13.3. The van der Waals surface area contributed by atoms with Crippen molar-refractivity contribution in [3.63, 3.8) is 0 Å². The van der Waals surface area contributed by atoms with Crippen LogP contribution in [0.5, 0.6) is 11.5 Å². The Morgan fingerprint density at radius 1 is 0.774 bits per heavy atom. The monoisotopic (exact) mass is 429 g/mol. The topological polar surface area (TPSA) is 100 Å². The molecule has 8 nitrogen and oxygen atoms in total. The smallest absolute Gasteiger partial charge is 0.329 e. The van der Waals surface area contributed by atoms with E-state index in [1.165, 1.54) is 26.4 Å². The lowest BCUT2D eigenvalue weighted by atomic mass is 9.90. The summed E-state index contributed by atoms with van der Waals surface area (Å²) in [7, 11) is 3.04. The number of Topliss-reactive ketones (excluding diaryl/α,β-unsaturated/α-hetero) is 1. The Hall–Kier alpha value is -3.55. The van der Waals surface area contributed by atoms with E-state index < -0.39 is 29.7 Å². The second kappa shape index (κ2) is 11.6. The van der Waals surface area contributed by atoms with Crippen LogP contribution in [0.25, 0.3) is 0 Å². The summed E-state index contributed by atoms with van der Waals surface area (Å²) in [5, 5.41) is 2.95. The molecule has 2 aromatic rings. The zero-order valence-corrected chi connectivity index (χ0v) is 18.0. The molecule has 2 unspecified atom stereocenters. The highest BCUT2D eigenvalue weighted by atomic mass is 16.5. The number of rotatable bonds is 11. The van der Waals surface area contributed by atoms with Gasteiger partial charge in [-0.2, -0.15) is 0 Å². The molecule has 0 aromatic heterocycles. The van der Waals surface area contributed by atoms with Crippen molar-refractivity contribution in [3.8, 4) is 11.5 Å². The van der Waals surface area contributed by atoms with Gasteiger partial charge in [0.15, 0.2) is 11.7 Å². The van der Waals surface area contributed by atoms with E-state index in [9.17, 15) is 14.4 Å². The van der Waals surface area contributed by atoms with E-state index in [-0.39, 0.29) is 18.8 Å². The number of hydrogen-bond acceptors (Lipinski definition) is 8. The summed E-state index contributed by atoms with van der Waals surface area (Å²) in [5.74, 6) is -2.40. The molecule has 2 aromatic carbocycles. The Morgan fingerprint density at radius 2 is 1.26 bits per heavy atom. The minimum absolute atomic E-state index is 0.0588. The maximum Gasteiger partial charge on any atom is 0.329 e. The highest BCUT2D eigenvalue weighted by Gasteiger charge is 2.42. The van der Waals surface area contributed by atoms with Crippen molar-refractivity contribution in [2.45, 2.75) is 19.9 Å². The van der Waals surface area contributed by atoms with Crippen LogP contribution in [-0.2, 0) is 19.1 Å². The summed E-state index contributed by atoms with van der Waals surface area (Å²) in [6.45, 7) is 3.42. The van der Waals surface area contributed by atoms with Crippen LogP contribution < -0.4 is 14.8 Å². The van der Waals surface area contributed by atoms with Gasteiger partial charge in [0, 0.05) is 11.3 Å². The van der Waals surface area contributed by atoms with Crippen LogP contribution in [-0.4, -0.2) is 51.2 Å². The standard InChI is InChI=1S/C23H27NO7/c1-5-30-22(26)19(21(25)15-7-11-17(28-3)12-8-15)20(23(27)31-6-2)24-16-9-13-18(29-4)14-10-16/h7-14,19-20,24H,5-6H2,1-4H3. The fourth-order valence-electron chi connectivity index (χ4n) is 2.94. The van der Waals surface area contributed by atoms with Crippen LogP contribution in [0.4, 0.5) is 5.69 Å². The third-order valence-electron chi connectivity index (χ3n) is 4.48. The molecular formula is C23H27NO7. The third kappa shape index (κ3) is 6.21. The first-order valence-corrected chi connectivity index (χ1v) is 9.87. The molecule has 8 heteroatoms. The van der Waals surface area contributed by atoms with E-state index >= 15 is 0 Å².